The Morgan fingerprint density at radius 3 is 2.48 bits per heavy atom. The summed E-state index contributed by atoms with van der Waals surface area (Å²) in [6.45, 7) is 1.54. The van der Waals surface area contributed by atoms with Gasteiger partial charge in [0, 0.05) is 6.54 Å². The first-order chi connectivity index (χ1) is 9.90. The molecule has 0 aliphatic carbocycles. The van der Waals surface area contributed by atoms with E-state index in [0.29, 0.717) is 10.5 Å². The molecule has 0 aliphatic rings. The average molecular weight is 303 g/mol. The zero-order chi connectivity index (χ0) is 15.9. The van der Waals surface area contributed by atoms with E-state index in [4.69, 9.17) is 9.84 Å². The summed E-state index contributed by atoms with van der Waals surface area (Å²) in [4.78, 5) is 12.2. The Morgan fingerprint density at radius 1 is 1.38 bits per heavy atom. The second-order valence-electron chi connectivity index (χ2n) is 4.22. The third-order valence-corrected chi connectivity index (χ3v) is 2.69. The van der Waals surface area contributed by atoms with Gasteiger partial charge in [-0.3, -0.25) is 4.90 Å². The van der Waals surface area contributed by atoms with E-state index in [1.807, 2.05) is 0 Å². The first-order valence-electron chi connectivity index (χ1n) is 6.16. The molecule has 1 N–H and O–H groups in total. The van der Waals surface area contributed by atoms with Gasteiger partial charge in [-0.05, 0) is 5.56 Å². The van der Waals surface area contributed by atoms with Gasteiger partial charge < -0.3 is 9.84 Å². The Balaban J connectivity index is 2.75. The molecule has 1 atom stereocenters. The number of hydrogen-bond acceptors (Lipinski definition) is 3. The van der Waals surface area contributed by atoms with Crippen LogP contribution in [-0.4, -0.2) is 41.5 Å². The summed E-state index contributed by atoms with van der Waals surface area (Å²) in [5, 5.41) is 8.89. The van der Waals surface area contributed by atoms with Crippen LogP contribution in [0.1, 0.15) is 5.56 Å². The van der Waals surface area contributed by atoms with Gasteiger partial charge >= 0.3 is 12.3 Å². The van der Waals surface area contributed by atoms with Crippen LogP contribution in [0.4, 0.5) is 18.0 Å². The minimum atomic E-state index is -4.75. The summed E-state index contributed by atoms with van der Waals surface area (Å²) in [7, 11) is 0. The van der Waals surface area contributed by atoms with Crippen LogP contribution in [0.2, 0.25) is 0 Å². The maximum atomic E-state index is 12.8. The van der Waals surface area contributed by atoms with Crippen LogP contribution in [-0.2, 0) is 11.3 Å². The van der Waals surface area contributed by atoms with Crippen LogP contribution in [0.25, 0.3) is 0 Å². The molecule has 7 heteroatoms. The Kier molecular flexibility index (Phi) is 6.23. The lowest BCUT2D eigenvalue weighted by molar-refractivity contribution is -0.186. The number of benzene rings is 1. The Morgan fingerprint density at radius 2 is 2.00 bits per heavy atom. The summed E-state index contributed by atoms with van der Waals surface area (Å²) in [5.41, 5.74) is 0.650. The number of aliphatic hydroxyl groups is 1. The molecule has 4 nitrogen and oxygen atoms in total. The summed E-state index contributed by atoms with van der Waals surface area (Å²) < 4.78 is 43.2. The molecule has 0 spiro atoms. The number of rotatable bonds is 6. The Labute approximate surface area is 120 Å². The molecule has 0 fully saturated rings. The van der Waals surface area contributed by atoms with Gasteiger partial charge in [0.15, 0.2) is 6.04 Å². The molecule has 0 unspecified atom stereocenters. The minimum Gasteiger partial charge on any atom is -0.445 e. The molecule has 0 radical (unpaired) electrons. The standard InChI is InChI=1S/C14H16F3NO3/c1-2-8-18(12(9-19)14(15,16)17)13(20)21-10-11-6-4-3-5-7-11/h2-7,12,19H,1,8-10H2/t12-/m1/s1. The Hall–Kier alpha value is -2.02. The quantitative estimate of drug-likeness (QED) is 0.822. The fraction of sp³-hybridized carbons (Fsp3) is 0.357. The van der Waals surface area contributed by atoms with Gasteiger partial charge in [-0.15, -0.1) is 6.58 Å². The first-order valence-corrected chi connectivity index (χ1v) is 6.16. The van der Waals surface area contributed by atoms with Crippen LogP contribution < -0.4 is 0 Å². The van der Waals surface area contributed by atoms with E-state index < -0.39 is 24.9 Å². The smallest absolute Gasteiger partial charge is 0.411 e. The van der Waals surface area contributed by atoms with E-state index in [9.17, 15) is 18.0 Å². The molecule has 1 amide bonds. The van der Waals surface area contributed by atoms with E-state index in [2.05, 4.69) is 6.58 Å². The van der Waals surface area contributed by atoms with E-state index in [1.165, 1.54) is 0 Å². The van der Waals surface area contributed by atoms with Crippen molar-refractivity contribution in [3.05, 3.63) is 48.6 Å². The highest BCUT2D eigenvalue weighted by Gasteiger charge is 2.45. The molecule has 0 aliphatic heterocycles. The first kappa shape index (κ1) is 17.0. The van der Waals surface area contributed by atoms with Crippen molar-refractivity contribution in [2.24, 2.45) is 0 Å². The fourth-order valence-electron chi connectivity index (χ4n) is 1.65. The zero-order valence-electron chi connectivity index (χ0n) is 11.2. The van der Waals surface area contributed by atoms with Crippen molar-refractivity contribution in [3.63, 3.8) is 0 Å². The summed E-state index contributed by atoms with van der Waals surface area (Å²) in [5.74, 6) is 0. The fourth-order valence-corrected chi connectivity index (χ4v) is 1.65. The normalized spacial score (nSPS) is 12.6. The highest BCUT2D eigenvalue weighted by atomic mass is 19.4. The van der Waals surface area contributed by atoms with Gasteiger partial charge in [0.2, 0.25) is 0 Å². The molecular formula is C14H16F3NO3. The van der Waals surface area contributed by atoms with Crippen LogP contribution in [0.15, 0.2) is 43.0 Å². The van der Waals surface area contributed by atoms with Crippen molar-refractivity contribution in [2.45, 2.75) is 18.8 Å². The lowest BCUT2D eigenvalue weighted by atomic mass is 10.2. The lowest BCUT2D eigenvalue weighted by Crippen LogP contribution is -2.51. The van der Waals surface area contributed by atoms with Crippen LogP contribution >= 0.6 is 0 Å². The predicted molar refractivity (Wildman–Crippen MR) is 70.5 cm³/mol. The number of aliphatic hydroxyl groups excluding tert-OH is 1. The maximum absolute atomic E-state index is 12.8. The average Bonchev–Trinajstić information content (AvgIpc) is 2.44. The van der Waals surface area contributed by atoms with Crippen molar-refractivity contribution in [2.75, 3.05) is 13.2 Å². The van der Waals surface area contributed by atoms with Gasteiger partial charge in [0.05, 0.1) is 6.61 Å². The van der Waals surface area contributed by atoms with Gasteiger partial charge in [-0.1, -0.05) is 36.4 Å². The van der Waals surface area contributed by atoms with Crippen LogP contribution in [0, 0.1) is 0 Å². The number of alkyl halides is 3. The molecule has 1 aromatic carbocycles. The van der Waals surface area contributed by atoms with E-state index in [1.54, 1.807) is 30.3 Å². The number of hydrogen-bond donors (Lipinski definition) is 1. The minimum absolute atomic E-state index is 0.149. The molecule has 1 rings (SSSR count). The van der Waals surface area contributed by atoms with Crippen molar-refractivity contribution in [1.82, 2.24) is 4.90 Å². The van der Waals surface area contributed by atoms with Gasteiger partial charge in [0.25, 0.3) is 0 Å². The van der Waals surface area contributed by atoms with Crippen molar-refractivity contribution in [1.29, 1.82) is 0 Å². The number of nitrogens with zero attached hydrogens (tertiary/aromatic N) is 1. The second-order valence-corrected chi connectivity index (χ2v) is 4.22. The molecular weight excluding hydrogens is 287 g/mol. The van der Waals surface area contributed by atoms with E-state index in [-0.39, 0.29) is 13.2 Å². The SMILES string of the molecule is C=CCN(C(=O)OCc1ccccc1)[C@H](CO)C(F)(F)F. The molecule has 116 valence electrons. The molecule has 0 bridgehead atoms. The largest absolute Gasteiger partial charge is 0.445 e. The molecule has 0 saturated heterocycles. The van der Waals surface area contributed by atoms with Crippen LogP contribution in [0.5, 0.6) is 0 Å². The highest BCUT2D eigenvalue weighted by molar-refractivity contribution is 5.68. The number of amides is 1. The van der Waals surface area contributed by atoms with Gasteiger partial charge in [-0.2, -0.15) is 13.2 Å². The van der Waals surface area contributed by atoms with E-state index in [0.717, 1.165) is 6.08 Å². The van der Waals surface area contributed by atoms with Crippen molar-refractivity contribution in [3.8, 4) is 0 Å². The van der Waals surface area contributed by atoms with Crippen LogP contribution in [0.3, 0.4) is 0 Å². The number of ether oxygens (including phenoxy) is 1. The summed E-state index contributed by atoms with van der Waals surface area (Å²) in [6.07, 6.45) is -4.77. The Bertz CT molecular complexity index is 462. The van der Waals surface area contributed by atoms with E-state index >= 15 is 0 Å². The molecule has 1 aromatic rings. The summed E-state index contributed by atoms with van der Waals surface area (Å²) in [6, 6.07) is 6.24. The number of carbonyl (C=O) groups is 1. The topological polar surface area (TPSA) is 49.8 Å². The highest BCUT2D eigenvalue weighted by Crippen LogP contribution is 2.25. The third-order valence-electron chi connectivity index (χ3n) is 2.69. The van der Waals surface area contributed by atoms with Crippen molar-refractivity contribution < 1.29 is 27.8 Å². The molecule has 0 saturated carbocycles. The number of halogens is 3. The third kappa shape index (κ3) is 5.11. The summed E-state index contributed by atoms with van der Waals surface area (Å²) >= 11 is 0. The van der Waals surface area contributed by atoms with Gasteiger partial charge in [-0.25, -0.2) is 4.79 Å². The molecule has 21 heavy (non-hydrogen) atoms. The number of carbonyl (C=O) groups excluding carboxylic acids is 1. The monoisotopic (exact) mass is 303 g/mol. The van der Waals surface area contributed by atoms with Crippen molar-refractivity contribution >= 4 is 6.09 Å². The van der Waals surface area contributed by atoms with Gasteiger partial charge in [0.1, 0.15) is 6.61 Å². The second kappa shape index (κ2) is 7.68. The predicted octanol–water partition coefficient (Wildman–Crippen LogP) is 2.73. The molecule has 0 heterocycles. The zero-order valence-corrected chi connectivity index (χ0v) is 11.2. The molecule has 0 aromatic heterocycles. The lowest BCUT2D eigenvalue weighted by Gasteiger charge is -2.30. The maximum Gasteiger partial charge on any atom is 0.411 e.